The molecule has 4 rings (SSSR count). The van der Waals surface area contributed by atoms with E-state index < -0.39 is 9.84 Å². The molecule has 1 aliphatic rings. The second-order valence-corrected chi connectivity index (χ2v) is 10.5. The largest absolute Gasteiger partial charge is 0.493 e. The number of piperidine rings is 1. The number of fused-ring (bicyclic) bond motifs is 1. The zero-order chi connectivity index (χ0) is 25.2. The van der Waals surface area contributed by atoms with Gasteiger partial charge in [-0.25, -0.2) is 8.42 Å². The van der Waals surface area contributed by atoms with Crippen LogP contribution in [0.4, 0.5) is 5.69 Å². The van der Waals surface area contributed by atoms with Gasteiger partial charge in [-0.1, -0.05) is 17.7 Å². The molecule has 0 amide bonds. The molecule has 1 saturated heterocycles. The zero-order valence-corrected chi connectivity index (χ0v) is 21.2. The Morgan fingerprint density at radius 1 is 1.11 bits per heavy atom. The molecule has 0 bridgehead atoms. The Balaban J connectivity index is 1.94. The molecule has 2 heterocycles. The van der Waals surface area contributed by atoms with E-state index in [1.807, 2.05) is 11.8 Å². The number of aryl methyl sites for hydroxylation is 1. The average molecular weight is 499 g/mol. The summed E-state index contributed by atoms with van der Waals surface area (Å²) in [7, 11) is -0.837. The molecule has 0 spiro atoms. The number of rotatable bonds is 7. The molecule has 0 unspecified atom stereocenters. The summed E-state index contributed by atoms with van der Waals surface area (Å²) < 4.78 is 43.9. The van der Waals surface area contributed by atoms with Gasteiger partial charge < -0.3 is 19.1 Å². The van der Waals surface area contributed by atoms with Crippen LogP contribution in [0.3, 0.4) is 0 Å². The number of carbonyl (C=O) groups is 1. The summed E-state index contributed by atoms with van der Waals surface area (Å²) in [6.07, 6.45) is 2.81. The number of hydrogen-bond acceptors (Lipinski definition) is 8. The molecule has 0 radical (unpaired) electrons. The maximum Gasteiger partial charge on any atom is 0.310 e. The average Bonchev–Trinajstić information content (AvgIpc) is 2.87. The normalized spacial score (nSPS) is 16.2. The van der Waals surface area contributed by atoms with Crippen molar-refractivity contribution in [1.29, 1.82) is 0 Å². The first-order valence-corrected chi connectivity index (χ1v) is 13.1. The lowest BCUT2D eigenvalue weighted by atomic mass is 9.97. The minimum atomic E-state index is -3.90. The SMILES string of the molecule is CCOC(=O)[C@@H]1CCCN(c2c(S(=O)(=O)c3ccc(C)cc3)cnc3cc(OC)c(OC)cc23)C1. The summed E-state index contributed by atoms with van der Waals surface area (Å²) in [6, 6.07) is 10.2. The van der Waals surface area contributed by atoms with Crippen molar-refractivity contribution in [3.63, 3.8) is 0 Å². The number of sulfone groups is 1. The summed E-state index contributed by atoms with van der Waals surface area (Å²) >= 11 is 0. The molecule has 35 heavy (non-hydrogen) atoms. The summed E-state index contributed by atoms with van der Waals surface area (Å²) in [5.41, 5.74) is 2.04. The summed E-state index contributed by atoms with van der Waals surface area (Å²) in [6.45, 7) is 4.93. The highest BCUT2D eigenvalue weighted by Gasteiger charge is 2.33. The summed E-state index contributed by atoms with van der Waals surface area (Å²) in [5.74, 6) is 0.349. The van der Waals surface area contributed by atoms with Gasteiger partial charge in [-0.2, -0.15) is 0 Å². The van der Waals surface area contributed by atoms with Crippen LogP contribution in [0, 0.1) is 12.8 Å². The smallest absolute Gasteiger partial charge is 0.310 e. The van der Waals surface area contributed by atoms with Gasteiger partial charge in [0.15, 0.2) is 11.5 Å². The fourth-order valence-corrected chi connectivity index (χ4v) is 5.92. The molecule has 0 aliphatic carbocycles. The van der Waals surface area contributed by atoms with Gasteiger partial charge in [0.2, 0.25) is 9.84 Å². The van der Waals surface area contributed by atoms with Gasteiger partial charge in [-0.3, -0.25) is 9.78 Å². The van der Waals surface area contributed by atoms with Crippen LogP contribution in [-0.4, -0.2) is 53.3 Å². The molecular formula is C26H30N2O6S. The second-order valence-electron chi connectivity index (χ2n) is 8.55. The highest BCUT2D eigenvalue weighted by atomic mass is 32.2. The molecule has 186 valence electrons. The van der Waals surface area contributed by atoms with Crippen LogP contribution in [0.2, 0.25) is 0 Å². The van der Waals surface area contributed by atoms with Crippen LogP contribution in [-0.2, 0) is 19.4 Å². The highest BCUT2D eigenvalue weighted by molar-refractivity contribution is 7.91. The van der Waals surface area contributed by atoms with E-state index in [4.69, 9.17) is 14.2 Å². The molecule has 2 aromatic carbocycles. The van der Waals surface area contributed by atoms with E-state index in [9.17, 15) is 13.2 Å². The third-order valence-corrected chi connectivity index (χ3v) is 8.06. The quantitative estimate of drug-likeness (QED) is 0.448. The first kappa shape index (κ1) is 24.8. The number of benzene rings is 2. The standard InChI is InChI=1S/C26H30N2O6S/c1-5-34-26(29)18-7-6-12-28(16-18)25-20-13-22(32-3)23(33-4)14-21(20)27-15-24(25)35(30,31)19-10-8-17(2)9-11-19/h8-11,13-15,18H,5-7,12,16H2,1-4H3/t18-/m1/s1. The molecule has 9 heteroatoms. The van der Waals surface area contributed by atoms with E-state index in [0.717, 1.165) is 12.0 Å². The van der Waals surface area contributed by atoms with Crippen LogP contribution in [0.25, 0.3) is 10.9 Å². The number of nitrogens with zero attached hydrogens (tertiary/aromatic N) is 2. The van der Waals surface area contributed by atoms with E-state index in [-0.39, 0.29) is 21.7 Å². The lowest BCUT2D eigenvalue weighted by Crippen LogP contribution is -2.40. The van der Waals surface area contributed by atoms with E-state index in [0.29, 0.717) is 54.2 Å². The highest BCUT2D eigenvalue weighted by Crippen LogP contribution is 2.41. The van der Waals surface area contributed by atoms with E-state index in [1.165, 1.54) is 20.4 Å². The van der Waals surface area contributed by atoms with Crippen LogP contribution in [0.15, 0.2) is 52.4 Å². The fourth-order valence-electron chi connectivity index (χ4n) is 4.49. The van der Waals surface area contributed by atoms with Crippen molar-refractivity contribution in [1.82, 2.24) is 4.98 Å². The molecule has 0 saturated carbocycles. The first-order chi connectivity index (χ1) is 16.8. The maximum absolute atomic E-state index is 13.8. The van der Waals surface area contributed by atoms with Crippen molar-refractivity contribution >= 4 is 32.4 Å². The van der Waals surface area contributed by atoms with E-state index in [1.54, 1.807) is 43.3 Å². The van der Waals surface area contributed by atoms with Crippen molar-refractivity contribution in [3.8, 4) is 11.5 Å². The number of methoxy groups -OCH3 is 2. The van der Waals surface area contributed by atoms with Crippen molar-refractivity contribution in [2.24, 2.45) is 5.92 Å². The van der Waals surface area contributed by atoms with Crippen molar-refractivity contribution in [2.45, 2.75) is 36.5 Å². The summed E-state index contributed by atoms with van der Waals surface area (Å²) in [5, 5.41) is 0.611. The second kappa shape index (κ2) is 10.1. The Kier molecular flexibility index (Phi) is 7.16. The lowest BCUT2D eigenvalue weighted by Gasteiger charge is -2.35. The Morgan fingerprint density at radius 3 is 2.46 bits per heavy atom. The van der Waals surface area contributed by atoms with Crippen molar-refractivity contribution < 1.29 is 27.4 Å². The molecule has 1 fully saturated rings. The topological polar surface area (TPSA) is 95.0 Å². The number of pyridine rings is 1. The van der Waals surface area contributed by atoms with Crippen molar-refractivity contribution in [3.05, 3.63) is 48.2 Å². The van der Waals surface area contributed by atoms with Gasteiger partial charge in [-0.15, -0.1) is 0 Å². The lowest BCUT2D eigenvalue weighted by molar-refractivity contribution is -0.148. The molecule has 3 aromatic rings. The van der Waals surface area contributed by atoms with E-state index >= 15 is 0 Å². The zero-order valence-electron chi connectivity index (χ0n) is 20.4. The van der Waals surface area contributed by atoms with E-state index in [2.05, 4.69) is 4.98 Å². The monoisotopic (exact) mass is 498 g/mol. The van der Waals surface area contributed by atoms with Crippen LogP contribution < -0.4 is 14.4 Å². The number of carbonyl (C=O) groups excluding carboxylic acids is 1. The van der Waals surface area contributed by atoms with Gasteiger partial charge in [0.05, 0.1) is 42.8 Å². The molecular weight excluding hydrogens is 468 g/mol. The number of anilines is 1. The first-order valence-electron chi connectivity index (χ1n) is 11.6. The number of aromatic nitrogens is 1. The molecule has 1 atom stereocenters. The Hall–Kier alpha value is -3.33. The van der Waals surface area contributed by atoms with Gasteiger partial charge in [0, 0.05) is 30.7 Å². The molecule has 0 N–H and O–H groups in total. The Morgan fingerprint density at radius 2 is 1.80 bits per heavy atom. The predicted octanol–water partition coefficient (Wildman–Crippen LogP) is 4.17. The maximum atomic E-state index is 13.8. The summed E-state index contributed by atoms with van der Waals surface area (Å²) in [4.78, 5) is 19.3. The fraction of sp³-hybridized carbons (Fsp3) is 0.385. The van der Waals surface area contributed by atoms with Crippen molar-refractivity contribution in [2.75, 3.05) is 38.8 Å². The predicted molar refractivity (Wildman–Crippen MR) is 133 cm³/mol. The molecule has 8 nitrogen and oxygen atoms in total. The number of esters is 1. The molecule has 1 aliphatic heterocycles. The third-order valence-electron chi connectivity index (χ3n) is 6.29. The van der Waals surface area contributed by atoms with Gasteiger partial charge in [0.25, 0.3) is 0 Å². The van der Waals surface area contributed by atoms with Gasteiger partial charge in [0.1, 0.15) is 4.90 Å². The number of hydrogen-bond donors (Lipinski definition) is 0. The van der Waals surface area contributed by atoms with Crippen LogP contribution >= 0.6 is 0 Å². The van der Waals surface area contributed by atoms with Crippen LogP contribution in [0.1, 0.15) is 25.3 Å². The minimum absolute atomic E-state index is 0.0885. The van der Waals surface area contributed by atoms with Gasteiger partial charge >= 0.3 is 5.97 Å². The molecule has 1 aromatic heterocycles. The number of ether oxygens (including phenoxy) is 3. The third kappa shape index (κ3) is 4.77. The van der Waals surface area contributed by atoms with Gasteiger partial charge in [-0.05, 0) is 44.9 Å². The minimum Gasteiger partial charge on any atom is -0.493 e. The van der Waals surface area contributed by atoms with Crippen LogP contribution in [0.5, 0.6) is 11.5 Å². The Bertz CT molecular complexity index is 1340. The Labute approximate surface area is 205 Å².